The normalized spacial score (nSPS) is 20.1. The molecule has 0 unspecified atom stereocenters. The molecule has 1 N–H and O–H groups in total. The van der Waals surface area contributed by atoms with Gasteiger partial charge in [0.05, 0.1) is 29.7 Å². The molecule has 0 aromatic heterocycles. The maximum Gasteiger partial charge on any atom is 0.243 e. The summed E-state index contributed by atoms with van der Waals surface area (Å²) in [7, 11) is -3.73. The third kappa shape index (κ3) is 6.70. The minimum absolute atomic E-state index is 0.0932. The van der Waals surface area contributed by atoms with Gasteiger partial charge in [-0.15, -0.1) is 0 Å². The van der Waals surface area contributed by atoms with E-state index in [2.05, 4.69) is 10.2 Å². The van der Waals surface area contributed by atoms with Crippen LogP contribution < -0.4 is 5.32 Å². The van der Waals surface area contributed by atoms with Crippen LogP contribution in [0.4, 0.5) is 5.69 Å². The molecule has 2 saturated heterocycles. The molecular weight excluding hydrogens is 534 g/mol. The molecule has 1 atom stereocenters. The number of aryl methyl sites for hydroxylation is 1. The molecule has 5 rings (SSSR count). The van der Waals surface area contributed by atoms with Gasteiger partial charge in [0.25, 0.3) is 0 Å². The molecule has 9 heteroatoms. The van der Waals surface area contributed by atoms with E-state index in [1.54, 1.807) is 40.7 Å². The zero-order chi connectivity index (χ0) is 27.5. The van der Waals surface area contributed by atoms with Gasteiger partial charge >= 0.3 is 0 Å². The van der Waals surface area contributed by atoms with Gasteiger partial charge in [0.2, 0.25) is 15.9 Å². The van der Waals surface area contributed by atoms with Gasteiger partial charge < -0.3 is 10.1 Å². The maximum absolute atomic E-state index is 13.9. The minimum Gasteiger partial charge on any atom is -0.372 e. The van der Waals surface area contributed by atoms with Crippen molar-refractivity contribution in [1.29, 1.82) is 0 Å². The van der Waals surface area contributed by atoms with Gasteiger partial charge in [0, 0.05) is 30.3 Å². The molecule has 3 aromatic carbocycles. The highest BCUT2D eigenvalue weighted by Crippen LogP contribution is 2.35. The van der Waals surface area contributed by atoms with Crippen LogP contribution in [0, 0.1) is 6.92 Å². The van der Waals surface area contributed by atoms with E-state index >= 15 is 0 Å². The highest BCUT2D eigenvalue weighted by Gasteiger charge is 2.47. The summed E-state index contributed by atoms with van der Waals surface area (Å²) >= 11 is 5.93. The van der Waals surface area contributed by atoms with Crippen molar-refractivity contribution in [2.45, 2.75) is 42.7 Å². The summed E-state index contributed by atoms with van der Waals surface area (Å²) in [6.45, 7) is 4.14. The number of rotatable bonds is 7. The Morgan fingerprint density at radius 1 is 1.00 bits per heavy atom. The molecule has 1 amide bonds. The number of nitrogens with one attached hydrogen (secondary N) is 1. The van der Waals surface area contributed by atoms with E-state index in [0.717, 1.165) is 11.1 Å². The summed E-state index contributed by atoms with van der Waals surface area (Å²) in [6.07, 6.45) is 1.89. The topological polar surface area (TPSA) is 79.0 Å². The predicted octanol–water partition coefficient (Wildman–Crippen LogP) is 4.75. The molecule has 0 radical (unpaired) electrons. The Kier molecular flexibility index (Phi) is 8.40. The van der Waals surface area contributed by atoms with Gasteiger partial charge in [-0.05, 0) is 68.1 Å². The molecule has 2 aliphatic heterocycles. The van der Waals surface area contributed by atoms with Crippen molar-refractivity contribution in [3.63, 3.8) is 0 Å². The van der Waals surface area contributed by atoms with Gasteiger partial charge in [0.15, 0.2) is 0 Å². The number of sulfonamides is 1. The Balaban J connectivity index is 1.28. The molecule has 2 aliphatic rings. The first-order chi connectivity index (χ1) is 18.7. The van der Waals surface area contributed by atoms with Crippen LogP contribution in [0.2, 0.25) is 5.02 Å². The summed E-state index contributed by atoms with van der Waals surface area (Å²) in [5.41, 5.74) is 2.22. The summed E-state index contributed by atoms with van der Waals surface area (Å²) in [6, 6.07) is 23.7. The fraction of sp³-hybridized carbons (Fsp3) is 0.367. The zero-order valence-electron chi connectivity index (χ0n) is 22.1. The maximum atomic E-state index is 13.9. The molecule has 1 spiro atoms. The number of nitrogens with zero attached hydrogens (tertiary/aromatic N) is 2. The lowest BCUT2D eigenvalue weighted by Crippen LogP contribution is -2.62. The van der Waals surface area contributed by atoms with E-state index in [-0.39, 0.29) is 18.5 Å². The Hall–Kier alpha value is -2.75. The number of carbonyl (C=O) groups is 1. The van der Waals surface area contributed by atoms with Crippen molar-refractivity contribution in [3.05, 3.63) is 95.0 Å². The van der Waals surface area contributed by atoms with Crippen molar-refractivity contribution in [2.24, 2.45) is 0 Å². The third-order valence-corrected chi connectivity index (χ3v) is 9.80. The lowest BCUT2D eigenvalue weighted by Gasteiger charge is -2.49. The Labute approximate surface area is 235 Å². The number of piperidine rings is 1. The second kappa shape index (κ2) is 11.8. The van der Waals surface area contributed by atoms with E-state index in [9.17, 15) is 13.2 Å². The lowest BCUT2D eigenvalue weighted by molar-refractivity contribution is -0.139. The Morgan fingerprint density at radius 2 is 1.67 bits per heavy atom. The van der Waals surface area contributed by atoms with Crippen LogP contribution in [0.25, 0.3) is 0 Å². The Bertz CT molecular complexity index is 1370. The highest BCUT2D eigenvalue weighted by atomic mass is 35.5. The van der Waals surface area contributed by atoms with E-state index in [4.69, 9.17) is 16.3 Å². The largest absolute Gasteiger partial charge is 0.372 e. The van der Waals surface area contributed by atoms with Crippen molar-refractivity contribution < 1.29 is 17.9 Å². The van der Waals surface area contributed by atoms with Crippen molar-refractivity contribution in [1.82, 2.24) is 9.21 Å². The SMILES string of the molecule is Cc1ccc(S(=O)(=O)N2CC3(CCN(CC(=O)Nc4ccc(Cl)cc4)CC3)OC[C@H]2Cc2ccccc2)cc1. The summed E-state index contributed by atoms with van der Waals surface area (Å²) in [4.78, 5) is 15.0. The van der Waals surface area contributed by atoms with Crippen LogP contribution in [0.1, 0.15) is 24.0 Å². The third-order valence-electron chi connectivity index (χ3n) is 7.64. The first kappa shape index (κ1) is 27.8. The van der Waals surface area contributed by atoms with Crippen LogP contribution in [0.3, 0.4) is 0 Å². The summed E-state index contributed by atoms with van der Waals surface area (Å²) in [5.74, 6) is -0.0932. The standard InChI is InChI=1S/C30H34ClN3O4S/c1-23-7-13-28(14-8-23)39(36,37)34-22-30(38-21-27(34)19-24-5-3-2-4-6-24)15-17-33(18-16-30)20-29(35)32-26-11-9-25(31)10-12-26/h2-14,27H,15-22H2,1H3,(H,32,35)/t27-/m1/s1. The number of amides is 1. The second-order valence-corrected chi connectivity index (χ2v) is 12.9. The van der Waals surface area contributed by atoms with E-state index in [0.29, 0.717) is 61.1 Å². The van der Waals surface area contributed by atoms with Gasteiger partial charge in [-0.25, -0.2) is 8.42 Å². The first-order valence-electron chi connectivity index (χ1n) is 13.3. The van der Waals surface area contributed by atoms with Crippen LogP contribution in [0.15, 0.2) is 83.8 Å². The molecule has 0 bridgehead atoms. The zero-order valence-corrected chi connectivity index (χ0v) is 23.6. The van der Waals surface area contributed by atoms with Crippen LogP contribution in [-0.4, -0.2) is 68.0 Å². The Morgan fingerprint density at radius 3 is 2.33 bits per heavy atom. The van der Waals surface area contributed by atoms with E-state index in [1.807, 2.05) is 49.4 Å². The average Bonchev–Trinajstić information content (AvgIpc) is 2.93. The number of hydrogen-bond donors (Lipinski definition) is 1. The fourth-order valence-electron chi connectivity index (χ4n) is 5.35. The molecule has 0 aliphatic carbocycles. The lowest BCUT2D eigenvalue weighted by atomic mass is 9.88. The van der Waals surface area contributed by atoms with Crippen LogP contribution >= 0.6 is 11.6 Å². The highest BCUT2D eigenvalue weighted by molar-refractivity contribution is 7.89. The number of benzene rings is 3. The minimum atomic E-state index is -3.73. The van der Waals surface area contributed by atoms with Crippen LogP contribution in [-0.2, 0) is 26.0 Å². The second-order valence-electron chi connectivity index (χ2n) is 10.5. The van der Waals surface area contributed by atoms with Gasteiger partial charge in [-0.3, -0.25) is 9.69 Å². The van der Waals surface area contributed by atoms with Gasteiger partial charge in [-0.2, -0.15) is 4.31 Å². The summed E-state index contributed by atoms with van der Waals surface area (Å²) in [5, 5.41) is 3.52. The molecule has 206 valence electrons. The average molecular weight is 568 g/mol. The number of carbonyl (C=O) groups excluding carboxylic acids is 1. The smallest absolute Gasteiger partial charge is 0.243 e. The number of likely N-dealkylation sites (tertiary alicyclic amines) is 1. The fourth-order valence-corrected chi connectivity index (χ4v) is 7.16. The number of hydrogen-bond acceptors (Lipinski definition) is 5. The quantitative estimate of drug-likeness (QED) is 0.446. The molecule has 39 heavy (non-hydrogen) atoms. The van der Waals surface area contributed by atoms with E-state index in [1.165, 1.54) is 0 Å². The van der Waals surface area contributed by atoms with E-state index < -0.39 is 15.6 Å². The molecule has 7 nitrogen and oxygen atoms in total. The predicted molar refractivity (Wildman–Crippen MR) is 153 cm³/mol. The van der Waals surface area contributed by atoms with Crippen molar-refractivity contribution in [2.75, 3.05) is 38.1 Å². The van der Waals surface area contributed by atoms with Crippen LogP contribution in [0.5, 0.6) is 0 Å². The van der Waals surface area contributed by atoms with Crippen molar-refractivity contribution in [3.8, 4) is 0 Å². The molecule has 0 saturated carbocycles. The van der Waals surface area contributed by atoms with Gasteiger partial charge in [-0.1, -0.05) is 59.6 Å². The van der Waals surface area contributed by atoms with Crippen molar-refractivity contribution >= 4 is 33.2 Å². The number of halogens is 1. The monoisotopic (exact) mass is 567 g/mol. The number of anilines is 1. The molecular formula is C30H34ClN3O4S. The van der Waals surface area contributed by atoms with Gasteiger partial charge in [0.1, 0.15) is 0 Å². The molecule has 2 heterocycles. The molecule has 2 fully saturated rings. The number of ether oxygens (including phenoxy) is 1. The molecule has 3 aromatic rings. The summed E-state index contributed by atoms with van der Waals surface area (Å²) < 4.78 is 36.0. The first-order valence-corrected chi connectivity index (χ1v) is 15.1. The number of morpholine rings is 1.